The average molecular weight is 331 g/mol. The topological polar surface area (TPSA) is 26.3 Å². The molecule has 0 unspecified atom stereocenters. The number of hydrogen-bond donors (Lipinski definition) is 0. The molecule has 0 aliphatic rings. The van der Waals surface area contributed by atoms with Crippen molar-refractivity contribution in [2.45, 2.75) is 0 Å². The SMILES string of the molecule is O=Cc1cc(F)c(Oc2cc(Br)ccc2F)c(F)c1. The maximum atomic E-state index is 13.6. The second-order valence-corrected chi connectivity index (χ2v) is 4.52. The van der Waals surface area contributed by atoms with E-state index in [1.165, 1.54) is 12.1 Å². The minimum Gasteiger partial charge on any atom is -0.448 e. The molecule has 0 saturated heterocycles. The second kappa shape index (κ2) is 5.44. The molecular weight excluding hydrogens is 325 g/mol. The van der Waals surface area contributed by atoms with Crippen LogP contribution in [0.5, 0.6) is 11.5 Å². The van der Waals surface area contributed by atoms with E-state index in [1.807, 2.05) is 0 Å². The summed E-state index contributed by atoms with van der Waals surface area (Å²) in [7, 11) is 0. The molecule has 0 fully saturated rings. The lowest BCUT2D eigenvalue weighted by Crippen LogP contribution is -1.96. The molecule has 2 rings (SSSR count). The molecule has 0 aromatic heterocycles. The number of carbonyl (C=O) groups is 1. The number of ether oxygens (including phenoxy) is 1. The molecule has 6 heteroatoms. The zero-order chi connectivity index (χ0) is 14.0. The van der Waals surface area contributed by atoms with E-state index >= 15 is 0 Å². The van der Waals surface area contributed by atoms with Crippen LogP contribution in [0.25, 0.3) is 0 Å². The van der Waals surface area contributed by atoms with Crippen LogP contribution in [0.2, 0.25) is 0 Å². The average Bonchev–Trinajstić information content (AvgIpc) is 2.37. The molecule has 2 aromatic rings. The Morgan fingerprint density at radius 2 is 1.63 bits per heavy atom. The van der Waals surface area contributed by atoms with Crippen molar-refractivity contribution >= 4 is 22.2 Å². The second-order valence-electron chi connectivity index (χ2n) is 3.61. The Bertz CT molecular complexity index is 621. The molecule has 2 nitrogen and oxygen atoms in total. The van der Waals surface area contributed by atoms with Gasteiger partial charge in [0.05, 0.1) is 0 Å². The number of hydrogen-bond acceptors (Lipinski definition) is 2. The van der Waals surface area contributed by atoms with Crippen LogP contribution in [0.1, 0.15) is 10.4 Å². The Morgan fingerprint density at radius 1 is 1.00 bits per heavy atom. The van der Waals surface area contributed by atoms with Gasteiger partial charge in [-0.15, -0.1) is 0 Å². The van der Waals surface area contributed by atoms with Crippen LogP contribution in [0.3, 0.4) is 0 Å². The first-order chi connectivity index (χ1) is 9.01. The van der Waals surface area contributed by atoms with Gasteiger partial charge in [-0.1, -0.05) is 15.9 Å². The summed E-state index contributed by atoms with van der Waals surface area (Å²) in [5.74, 6) is -4.02. The standard InChI is InChI=1S/C13H6BrF3O2/c14-8-1-2-9(15)12(5-8)19-13-10(16)3-7(6-18)4-11(13)17/h1-6H. The Kier molecular flexibility index (Phi) is 3.90. The molecule has 19 heavy (non-hydrogen) atoms. The lowest BCUT2D eigenvalue weighted by atomic mass is 10.2. The van der Waals surface area contributed by atoms with Gasteiger partial charge in [0.25, 0.3) is 0 Å². The molecule has 2 aromatic carbocycles. The lowest BCUT2D eigenvalue weighted by Gasteiger charge is -2.09. The summed E-state index contributed by atoms with van der Waals surface area (Å²) in [5, 5.41) is 0. The predicted octanol–water partition coefficient (Wildman–Crippen LogP) is 4.47. The number of carbonyl (C=O) groups excluding carboxylic acids is 1. The summed E-state index contributed by atoms with van der Waals surface area (Å²) in [6, 6.07) is 5.36. The largest absolute Gasteiger partial charge is 0.448 e. The highest BCUT2D eigenvalue weighted by atomic mass is 79.9. The van der Waals surface area contributed by atoms with Crippen LogP contribution in [0, 0.1) is 17.5 Å². The van der Waals surface area contributed by atoms with Gasteiger partial charge in [-0.25, -0.2) is 13.2 Å². The third-order valence-electron chi connectivity index (χ3n) is 2.26. The number of rotatable bonds is 3. The molecule has 0 spiro atoms. The molecule has 0 saturated carbocycles. The van der Waals surface area contributed by atoms with Crippen LogP contribution in [0.4, 0.5) is 13.2 Å². The number of aldehydes is 1. The molecule has 98 valence electrons. The predicted molar refractivity (Wildman–Crippen MR) is 65.9 cm³/mol. The van der Waals surface area contributed by atoms with Gasteiger partial charge in [-0.2, -0.15) is 0 Å². The van der Waals surface area contributed by atoms with E-state index in [2.05, 4.69) is 15.9 Å². The molecule has 0 radical (unpaired) electrons. The summed E-state index contributed by atoms with van der Waals surface area (Å²) >= 11 is 3.09. The van der Waals surface area contributed by atoms with Crippen molar-refractivity contribution in [1.29, 1.82) is 0 Å². The van der Waals surface area contributed by atoms with Gasteiger partial charge >= 0.3 is 0 Å². The van der Waals surface area contributed by atoms with Gasteiger partial charge in [0.1, 0.15) is 6.29 Å². The molecule has 0 amide bonds. The van der Waals surface area contributed by atoms with Crippen molar-refractivity contribution in [3.05, 3.63) is 57.8 Å². The maximum absolute atomic E-state index is 13.6. The first-order valence-electron chi connectivity index (χ1n) is 5.08. The van der Waals surface area contributed by atoms with E-state index in [-0.39, 0.29) is 11.3 Å². The first-order valence-corrected chi connectivity index (χ1v) is 5.87. The van der Waals surface area contributed by atoms with Crippen molar-refractivity contribution in [3.8, 4) is 11.5 Å². The van der Waals surface area contributed by atoms with Gasteiger partial charge in [-0.05, 0) is 30.3 Å². The molecule has 0 atom stereocenters. The Balaban J connectivity index is 2.43. The zero-order valence-corrected chi connectivity index (χ0v) is 10.9. The lowest BCUT2D eigenvalue weighted by molar-refractivity contribution is 0.112. The van der Waals surface area contributed by atoms with E-state index in [9.17, 15) is 18.0 Å². The number of halogens is 4. The van der Waals surface area contributed by atoms with Crippen molar-refractivity contribution in [2.24, 2.45) is 0 Å². The highest BCUT2D eigenvalue weighted by Crippen LogP contribution is 2.31. The fourth-order valence-electron chi connectivity index (χ4n) is 1.41. The highest BCUT2D eigenvalue weighted by Gasteiger charge is 2.15. The number of benzene rings is 2. The molecule has 0 bridgehead atoms. The smallest absolute Gasteiger partial charge is 0.198 e. The van der Waals surface area contributed by atoms with Crippen molar-refractivity contribution in [2.75, 3.05) is 0 Å². The van der Waals surface area contributed by atoms with Gasteiger partial charge in [0.2, 0.25) is 0 Å². The summed E-state index contributed by atoms with van der Waals surface area (Å²) < 4.78 is 45.9. The van der Waals surface area contributed by atoms with Gasteiger partial charge in [0, 0.05) is 10.0 Å². The van der Waals surface area contributed by atoms with E-state index in [0.29, 0.717) is 10.8 Å². The minimum atomic E-state index is -1.08. The fourth-order valence-corrected chi connectivity index (χ4v) is 1.75. The van der Waals surface area contributed by atoms with E-state index in [0.717, 1.165) is 18.2 Å². The van der Waals surface area contributed by atoms with E-state index in [4.69, 9.17) is 4.74 Å². The quantitative estimate of drug-likeness (QED) is 0.776. The maximum Gasteiger partial charge on any atom is 0.198 e. The van der Waals surface area contributed by atoms with Crippen LogP contribution >= 0.6 is 15.9 Å². The molecular formula is C13H6BrF3O2. The fraction of sp³-hybridized carbons (Fsp3) is 0. The van der Waals surface area contributed by atoms with Crippen LogP contribution in [0.15, 0.2) is 34.8 Å². The van der Waals surface area contributed by atoms with Crippen molar-refractivity contribution in [1.82, 2.24) is 0 Å². The van der Waals surface area contributed by atoms with Crippen LogP contribution < -0.4 is 4.74 Å². The molecule has 0 N–H and O–H groups in total. The van der Waals surface area contributed by atoms with Gasteiger partial charge in [-0.3, -0.25) is 4.79 Å². The van der Waals surface area contributed by atoms with Crippen LogP contribution in [-0.4, -0.2) is 6.29 Å². The minimum absolute atomic E-state index is 0.169. The summed E-state index contributed by atoms with van der Waals surface area (Å²) in [6.45, 7) is 0. The summed E-state index contributed by atoms with van der Waals surface area (Å²) in [5.41, 5.74) is -0.169. The molecule has 0 aliphatic heterocycles. The first kappa shape index (κ1) is 13.6. The molecule has 0 aliphatic carbocycles. The highest BCUT2D eigenvalue weighted by molar-refractivity contribution is 9.10. The third kappa shape index (κ3) is 2.96. The van der Waals surface area contributed by atoms with Crippen molar-refractivity contribution < 1.29 is 22.7 Å². The zero-order valence-electron chi connectivity index (χ0n) is 9.29. The Morgan fingerprint density at radius 3 is 2.21 bits per heavy atom. The monoisotopic (exact) mass is 330 g/mol. The van der Waals surface area contributed by atoms with Gasteiger partial charge < -0.3 is 4.74 Å². The normalized spacial score (nSPS) is 10.3. The van der Waals surface area contributed by atoms with E-state index < -0.39 is 23.2 Å². The Labute approximate surface area is 114 Å². The molecule has 0 heterocycles. The Hall–Kier alpha value is -1.82. The van der Waals surface area contributed by atoms with Crippen LogP contribution in [-0.2, 0) is 0 Å². The third-order valence-corrected chi connectivity index (χ3v) is 2.76. The summed E-state index contributed by atoms with van der Waals surface area (Å²) in [6.07, 6.45) is 0.301. The van der Waals surface area contributed by atoms with Gasteiger partial charge in [0.15, 0.2) is 29.0 Å². The van der Waals surface area contributed by atoms with Crippen molar-refractivity contribution in [3.63, 3.8) is 0 Å². The van der Waals surface area contributed by atoms with E-state index in [1.54, 1.807) is 0 Å². The summed E-state index contributed by atoms with van der Waals surface area (Å²) in [4.78, 5) is 10.4.